The summed E-state index contributed by atoms with van der Waals surface area (Å²) in [6.07, 6.45) is 0. The number of aromatic nitrogens is 4. The minimum Gasteiger partial charge on any atom is -0.378 e. The van der Waals surface area contributed by atoms with Crippen molar-refractivity contribution in [1.29, 1.82) is 0 Å². The second kappa shape index (κ2) is 6.10. The van der Waals surface area contributed by atoms with E-state index in [9.17, 15) is 4.79 Å². The Hall–Kier alpha value is -2.64. The van der Waals surface area contributed by atoms with Gasteiger partial charge in [0.05, 0.1) is 27.8 Å². The smallest absolute Gasteiger partial charge is 0.274 e. The summed E-state index contributed by atoms with van der Waals surface area (Å²) in [4.78, 5) is 22.0. The van der Waals surface area contributed by atoms with Gasteiger partial charge in [-0.3, -0.25) is 9.89 Å². The lowest BCUT2D eigenvalue weighted by Gasteiger charge is -2.07. The van der Waals surface area contributed by atoms with Gasteiger partial charge in [-0.15, -0.1) is 11.3 Å². The third-order valence-electron chi connectivity index (χ3n) is 3.47. The van der Waals surface area contributed by atoms with E-state index in [4.69, 9.17) is 11.6 Å². The van der Waals surface area contributed by atoms with Gasteiger partial charge in [0, 0.05) is 6.07 Å². The van der Waals surface area contributed by atoms with E-state index in [0.717, 1.165) is 10.6 Å². The van der Waals surface area contributed by atoms with E-state index in [1.807, 2.05) is 35.7 Å². The van der Waals surface area contributed by atoms with Gasteiger partial charge in [-0.1, -0.05) is 29.8 Å². The molecule has 0 unspecified atom stereocenters. The summed E-state index contributed by atoms with van der Waals surface area (Å²) in [5.74, 6) is 0.979. The van der Waals surface area contributed by atoms with Crippen LogP contribution in [0.4, 0.5) is 5.69 Å². The van der Waals surface area contributed by atoms with Crippen molar-refractivity contribution >= 4 is 34.4 Å². The number of aromatic amines is 1. The van der Waals surface area contributed by atoms with Crippen LogP contribution in [0, 0.1) is 0 Å². The Morgan fingerprint density at radius 3 is 2.88 bits per heavy atom. The first-order valence-electron chi connectivity index (χ1n) is 7.22. The molecule has 120 valence electrons. The Kier molecular flexibility index (Phi) is 3.79. The Morgan fingerprint density at radius 1 is 1.21 bits per heavy atom. The zero-order valence-corrected chi connectivity index (χ0v) is 13.9. The molecule has 0 saturated heterocycles. The molecule has 0 aliphatic heterocycles. The third-order valence-corrected chi connectivity index (χ3v) is 4.68. The second-order valence-electron chi connectivity index (χ2n) is 5.10. The Labute approximate surface area is 145 Å². The van der Waals surface area contributed by atoms with Crippen LogP contribution in [-0.2, 0) is 6.54 Å². The highest BCUT2D eigenvalue weighted by atomic mass is 35.5. The molecule has 8 heteroatoms. The number of hydrogen-bond donors (Lipinski definition) is 2. The van der Waals surface area contributed by atoms with Crippen molar-refractivity contribution in [1.82, 2.24) is 19.6 Å². The molecule has 0 saturated carbocycles. The molecule has 0 atom stereocenters. The minimum atomic E-state index is -0.203. The Morgan fingerprint density at radius 2 is 2.08 bits per heavy atom. The highest BCUT2D eigenvalue weighted by Crippen LogP contribution is 2.22. The summed E-state index contributed by atoms with van der Waals surface area (Å²) in [5, 5.41) is 8.73. The molecule has 0 radical (unpaired) electrons. The quantitative estimate of drug-likeness (QED) is 0.587. The fourth-order valence-corrected chi connectivity index (χ4v) is 3.20. The largest absolute Gasteiger partial charge is 0.378 e. The maximum atomic E-state index is 12.3. The summed E-state index contributed by atoms with van der Waals surface area (Å²) in [6.45, 7) is 0.386. The van der Waals surface area contributed by atoms with Crippen LogP contribution in [0.2, 0.25) is 5.02 Å². The van der Waals surface area contributed by atoms with Crippen LogP contribution in [0.15, 0.2) is 52.6 Å². The first kappa shape index (κ1) is 14.9. The molecule has 2 N–H and O–H groups in total. The van der Waals surface area contributed by atoms with E-state index >= 15 is 0 Å². The number of rotatable bonds is 4. The molecule has 0 spiro atoms. The van der Waals surface area contributed by atoms with Gasteiger partial charge in [-0.05, 0) is 23.6 Å². The topological polar surface area (TPSA) is 75.1 Å². The van der Waals surface area contributed by atoms with E-state index < -0.39 is 0 Å². The molecule has 1 aromatic carbocycles. The Bertz CT molecular complexity index is 1050. The van der Waals surface area contributed by atoms with Crippen LogP contribution >= 0.6 is 22.9 Å². The van der Waals surface area contributed by atoms with Gasteiger partial charge in [0.15, 0.2) is 5.82 Å². The number of nitrogens with zero attached hydrogens (tertiary/aromatic N) is 3. The zero-order valence-electron chi connectivity index (χ0n) is 12.4. The highest BCUT2D eigenvalue weighted by Gasteiger charge is 2.10. The summed E-state index contributed by atoms with van der Waals surface area (Å²) in [7, 11) is 0. The van der Waals surface area contributed by atoms with E-state index in [0.29, 0.717) is 28.9 Å². The van der Waals surface area contributed by atoms with E-state index in [1.165, 1.54) is 10.6 Å². The summed E-state index contributed by atoms with van der Waals surface area (Å²) < 4.78 is 1.34. The first-order valence-corrected chi connectivity index (χ1v) is 8.47. The lowest BCUT2D eigenvalue weighted by molar-refractivity contribution is 0.879. The van der Waals surface area contributed by atoms with Crippen LogP contribution in [0.25, 0.3) is 16.5 Å². The highest BCUT2D eigenvalue weighted by molar-refractivity contribution is 7.13. The SMILES string of the molecule is O=c1cc(CNc2ccccc2Cl)nc2nc(-c3cccs3)[nH]n12. The molecule has 0 bridgehead atoms. The first-order chi connectivity index (χ1) is 11.7. The van der Waals surface area contributed by atoms with Crippen LogP contribution in [0.5, 0.6) is 0 Å². The predicted octanol–water partition coefficient (Wildman–Crippen LogP) is 3.41. The van der Waals surface area contributed by atoms with Gasteiger partial charge in [-0.25, -0.2) is 4.98 Å². The number of nitrogens with one attached hydrogen (secondary N) is 2. The van der Waals surface area contributed by atoms with Crippen molar-refractivity contribution < 1.29 is 0 Å². The monoisotopic (exact) mass is 357 g/mol. The molecule has 0 fully saturated rings. The molecule has 4 rings (SSSR count). The van der Waals surface area contributed by atoms with Crippen molar-refractivity contribution in [2.24, 2.45) is 0 Å². The third kappa shape index (κ3) is 2.79. The molecule has 6 nitrogen and oxygen atoms in total. The Balaban J connectivity index is 1.65. The number of halogens is 1. The zero-order chi connectivity index (χ0) is 16.5. The lowest BCUT2D eigenvalue weighted by Crippen LogP contribution is -2.17. The molecule has 24 heavy (non-hydrogen) atoms. The summed E-state index contributed by atoms with van der Waals surface area (Å²) in [5.41, 5.74) is 1.19. The van der Waals surface area contributed by atoms with Crippen molar-refractivity contribution in [3.63, 3.8) is 0 Å². The molecule has 0 amide bonds. The number of para-hydroxylation sites is 1. The van der Waals surface area contributed by atoms with Crippen molar-refractivity contribution in [3.05, 3.63) is 68.9 Å². The van der Waals surface area contributed by atoms with Gasteiger partial charge in [0.2, 0.25) is 0 Å². The minimum absolute atomic E-state index is 0.203. The molecule has 3 heterocycles. The van der Waals surface area contributed by atoms with Gasteiger partial charge >= 0.3 is 0 Å². The van der Waals surface area contributed by atoms with Gasteiger partial charge < -0.3 is 5.32 Å². The fourth-order valence-electron chi connectivity index (χ4n) is 2.33. The number of hydrogen-bond acceptors (Lipinski definition) is 5. The summed E-state index contributed by atoms with van der Waals surface area (Å²) >= 11 is 7.66. The van der Waals surface area contributed by atoms with Crippen LogP contribution < -0.4 is 10.9 Å². The average molecular weight is 358 g/mol. The van der Waals surface area contributed by atoms with Crippen LogP contribution in [0.1, 0.15) is 5.69 Å². The van der Waals surface area contributed by atoms with E-state index in [-0.39, 0.29) is 5.56 Å². The standard InChI is InChI=1S/C16H12ClN5OS/c17-11-4-1-2-5-12(11)18-9-10-8-14(23)22-16(19-10)20-15(21-22)13-6-3-7-24-13/h1-8,18H,9H2,(H,19,20,21). The number of thiophene rings is 1. The average Bonchev–Trinajstić information content (AvgIpc) is 3.23. The van der Waals surface area contributed by atoms with Crippen LogP contribution in [0.3, 0.4) is 0 Å². The number of benzene rings is 1. The summed E-state index contributed by atoms with van der Waals surface area (Å²) in [6, 6.07) is 12.8. The molecule has 3 aromatic heterocycles. The van der Waals surface area contributed by atoms with Crippen molar-refractivity contribution in [2.75, 3.05) is 5.32 Å². The van der Waals surface area contributed by atoms with E-state index in [1.54, 1.807) is 17.4 Å². The maximum Gasteiger partial charge on any atom is 0.274 e. The van der Waals surface area contributed by atoms with E-state index in [2.05, 4.69) is 20.4 Å². The number of fused-ring (bicyclic) bond motifs is 1. The van der Waals surface area contributed by atoms with Gasteiger partial charge in [0.25, 0.3) is 11.3 Å². The van der Waals surface area contributed by atoms with Crippen molar-refractivity contribution in [2.45, 2.75) is 6.54 Å². The fraction of sp³-hybridized carbons (Fsp3) is 0.0625. The van der Waals surface area contributed by atoms with Crippen LogP contribution in [-0.4, -0.2) is 19.6 Å². The van der Waals surface area contributed by atoms with Crippen molar-refractivity contribution in [3.8, 4) is 10.7 Å². The molecule has 4 aromatic rings. The molecular weight excluding hydrogens is 346 g/mol. The second-order valence-corrected chi connectivity index (χ2v) is 6.46. The number of H-pyrrole nitrogens is 1. The maximum absolute atomic E-state index is 12.3. The molecule has 0 aliphatic rings. The normalized spacial score (nSPS) is 11.0. The lowest BCUT2D eigenvalue weighted by atomic mass is 10.3. The molecule has 0 aliphatic carbocycles. The predicted molar refractivity (Wildman–Crippen MR) is 95.7 cm³/mol. The van der Waals surface area contributed by atoms with Gasteiger partial charge in [0.1, 0.15) is 0 Å². The van der Waals surface area contributed by atoms with Gasteiger partial charge in [-0.2, -0.15) is 9.50 Å². The number of anilines is 1. The molecular formula is C16H12ClN5OS.